The van der Waals surface area contributed by atoms with Crippen LogP contribution in [0.3, 0.4) is 0 Å². The second-order valence-electron chi connectivity index (χ2n) is 3.77. The Morgan fingerprint density at radius 2 is 2.15 bits per heavy atom. The van der Waals surface area contributed by atoms with E-state index in [-0.39, 0.29) is 12.1 Å². The van der Waals surface area contributed by atoms with E-state index in [4.69, 9.17) is 0 Å². The van der Waals surface area contributed by atoms with Crippen molar-refractivity contribution in [2.45, 2.75) is 25.4 Å². The minimum Gasteiger partial charge on any atom is -0.391 e. The Morgan fingerprint density at radius 3 is 2.77 bits per heavy atom. The lowest BCUT2D eigenvalue weighted by Gasteiger charge is -2.25. The molecule has 0 aliphatic carbocycles. The Hall–Kier alpha value is -0.770. The zero-order valence-corrected chi connectivity index (χ0v) is 8.36. The zero-order chi connectivity index (χ0) is 9.84. The number of aliphatic hydroxyl groups is 1. The number of rotatable bonds is 0. The molecular formula is C9H18N2O2. The molecule has 2 amide bonds. The van der Waals surface area contributed by atoms with Gasteiger partial charge in [0.1, 0.15) is 0 Å². The van der Waals surface area contributed by atoms with Crippen LogP contribution >= 0.6 is 0 Å². The second-order valence-corrected chi connectivity index (χ2v) is 3.77. The first-order valence-corrected chi connectivity index (χ1v) is 4.75. The molecule has 4 heteroatoms. The summed E-state index contributed by atoms with van der Waals surface area (Å²) in [5.41, 5.74) is 0. The molecule has 1 N–H and O–H groups in total. The molecule has 13 heavy (non-hydrogen) atoms. The number of urea groups is 1. The number of β-amino-alcohol motifs (C(OH)–C–C–N with tert-alkyl or cyclic N) is 1. The van der Waals surface area contributed by atoms with E-state index in [0.717, 1.165) is 25.8 Å². The topological polar surface area (TPSA) is 43.8 Å². The fourth-order valence-electron chi connectivity index (χ4n) is 1.58. The number of likely N-dealkylation sites (tertiary alicyclic amines) is 1. The van der Waals surface area contributed by atoms with Gasteiger partial charge in [-0.15, -0.1) is 0 Å². The third kappa shape index (κ3) is 2.88. The molecule has 0 aromatic carbocycles. The summed E-state index contributed by atoms with van der Waals surface area (Å²) >= 11 is 0. The van der Waals surface area contributed by atoms with Crippen LogP contribution < -0.4 is 0 Å². The summed E-state index contributed by atoms with van der Waals surface area (Å²) in [6.45, 7) is 1.26. The van der Waals surface area contributed by atoms with Crippen LogP contribution in [0.4, 0.5) is 4.79 Å². The van der Waals surface area contributed by atoms with Crippen LogP contribution in [0.1, 0.15) is 19.3 Å². The van der Waals surface area contributed by atoms with Gasteiger partial charge in [0.15, 0.2) is 0 Å². The van der Waals surface area contributed by atoms with Crippen molar-refractivity contribution in [2.75, 3.05) is 27.2 Å². The molecule has 0 saturated carbocycles. The van der Waals surface area contributed by atoms with Crippen molar-refractivity contribution >= 4 is 6.03 Å². The van der Waals surface area contributed by atoms with Gasteiger partial charge >= 0.3 is 6.03 Å². The number of aliphatic hydroxyl groups excluding tert-OH is 1. The van der Waals surface area contributed by atoms with Crippen molar-refractivity contribution in [3.8, 4) is 0 Å². The molecule has 1 saturated heterocycles. The maximum Gasteiger partial charge on any atom is 0.319 e. The van der Waals surface area contributed by atoms with Gasteiger partial charge in [0.25, 0.3) is 0 Å². The third-order valence-corrected chi connectivity index (χ3v) is 2.30. The normalized spacial score (nSPS) is 23.9. The van der Waals surface area contributed by atoms with Crippen molar-refractivity contribution in [1.82, 2.24) is 9.80 Å². The number of carbonyl (C=O) groups is 1. The van der Waals surface area contributed by atoms with Gasteiger partial charge in [0, 0.05) is 27.2 Å². The van der Waals surface area contributed by atoms with Crippen molar-refractivity contribution in [3.63, 3.8) is 0 Å². The first-order chi connectivity index (χ1) is 6.11. The minimum absolute atomic E-state index is 0.000880. The molecule has 0 aromatic rings. The summed E-state index contributed by atoms with van der Waals surface area (Å²) in [7, 11) is 3.47. The van der Waals surface area contributed by atoms with Crippen LogP contribution in [0.25, 0.3) is 0 Å². The maximum atomic E-state index is 11.5. The molecular weight excluding hydrogens is 168 g/mol. The molecule has 0 radical (unpaired) electrons. The van der Waals surface area contributed by atoms with E-state index in [2.05, 4.69) is 0 Å². The lowest BCUT2D eigenvalue weighted by atomic mass is 10.2. The van der Waals surface area contributed by atoms with Crippen molar-refractivity contribution < 1.29 is 9.90 Å². The molecule has 1 heterocycles. The summed E-state index contributed by atoms with van der Waals surface area (Å²) in [6, 6.07) is 0.000880. The Kier molecular flexibility index (Phi) is 3.54. The van der Waals surface area contributed by atoms with Gasteiger partial charge in [-0.3, -0.25) is 0 Å². The van der Waals surface area contributed by atoms with Gasteiger partial charge in [-0.2, -0.15) is 0 Å². The van der Waals surface area contributed by atoms with E-state index >= 15 is 0 Å². The van der Waals surface area contributed by atoms with Crippen LogP contribution in [-0.4, -0.2) is 54.2 Å². The highest BCUT2D eigenvalue weighted by molar-refractivity contribution is 5.73. The zero-order valence-electron chi connectivity index (χ0n) is 8.36. The van der Waals surface area contributed by atoms with Crippen molar-refractivity contribution in [3.05, 3.63) is 0 Å². The molecule has 1 aliphatic rings. The first-order valence-electron chi connectivity index (χ1n) is 4.75. The van der Waals surface area contributed by atoms with Crippen LogP contribution in [0.2, 0.25) is 0 Å². The maximum absolute atomic E-state index is 11.5. The summed E-state index contributed by atoms with van der Waals surface area (Å²) < 4.78 is 0. The molecule has 1 rings (SSSR count). The van der Waals surface area contributed by atoms with Gasteiger partial charge in [0.05, 0.1) is 6.10 Å². The molecule has 76 valence electrons. The number of carbonyl (C=O) groups excluding carboxylic acids is 1. The molecule has 4 nitrogen and oxygen atoms in total. The average Bonchev–Trinajstić information content (AvgIpc) is 2.28. The second kappa shape index (κ2) is 4.46. The van der Waals surface area contributed by atoms with Crippen molar-refractivity contribution in [2.24, 2.45) is 0 Å². The standard InChI is InChI=1S/C9H18N2O2/c1-10(2)9(13)11-6-4-3-5-8(12)7-11/h8,12H,3-7H2,1-2H3. The summed E-state index contributed by atoms with van der Waals surface area (Å²) in [5.74, 6) is 0. The molecule has 1 fully saturated rings. The van der Waals surface area contributed by atoms with Gasteiger partial charge in [0.2, 0.25) is 0 Å². The molecule has 1 aliphatic heterocycles. The monoisotopic (exact) mass is 186 g/mol. The Bertz CT molecular complexity index is 182. The van der Waals surface area contributed by atoms with Gasteiger partial charge in [-0.25, -0.2) is 4.79 Å². The van der Waals surface area contributed by atoms with Gasteiger partial charge in [-0.1, -0.05) is 0 Å². The number of hydrogen-bond donors (Lipinski definition) is 1. The van der Waals surface area contributed by atoms with E-state index in [1.54, 1.807) is 23.9 Å². The third-order valence-electron chi connectivity index (χ3n) is 2.30. The van der Waals surface area contributed by atoms with E-state index in [9.17, 15) is 9.90 Å². The molecule has 1 atom stereocenters. The predicted octanol–water partition coefficient (Wildman–Crippen LogP) is 0.515. The van der Waals surface area contributed by atoms with E-state index in [0.29, 0.717) is 6.54 Å². The van der Waals surface area contributed by atoms with Crippen LogP contribution in [0.15, 0.2) is 0 Å². The number of nitrogens with zero attached hydrogens (tertiary/aromatic N) is 2. The largest absolute Gasteiger partial charge is 0.391 e. The number of hydrogen-bond acceptors (Lipinski definition) is 2. The van der Waals surface area contributed by atoms with E-state index in [1.807, 2.05) is 0 Å². The Morgan fingerprint density at radius 1 is 1.46 bits per heavy atom. The molecule has 1 unspecified atom stereocenters. The smallest absolute Gasteiger partial charge is 0.319 e. The highest BCUT2D eigenvalue weighted by atomic mass is 16.3. The van der Waals surface area contributed by atoms with Gasteiger partial charge < -0.3 is 14.9 Å². The lowest BCUT2D eigenvalue weighted by molar-refractivity contribution is 0.117. The molecule has 0 spiro atoms. The average molecular weight is 186 g/mol. The summed E-state index contributed by atoms with van der Waals surface area (Å²) in [5, 5.41) is 9.48. The fraction of sp³-hybridized carbons (Fsp3) is 0.889. The summed E-state index contributed by atoms with van der Waals surface area (Å²) in [6.07, 6.45) is 2.48. The first kappa shape index (κ1) is 10.3. The van der Waals surface area contributed by atoms with Crippen LogP contribution in [0.5, 0.6) is 0 Å². The van der Waals surface area contributed by atoms with Gasteiger partial charge in [-0.05, 0) is 19.3 Å². The minimum atomic E-state index is -0.341. The van der Waals surface area contributed by atoms with E-state index < -0.39 is 0 Å². The Balaban J connectivity index is 2.52. The Labute approximate surface area is 79.1 Å². The highest BCUT2D eigenvalue weighted by Gasteiger charge is 2.21. The molecule has 0 bridgehead atoms. The SMILES string of the molecule is CN(C)C(=O)N1CCCCC(O)C1. The lowest BCUT2D eigenvalue weighted by Crippen LogP contribution is -2.42. The van der Waals surface area contributed by atoms with E-state index in [1.165, 1.54) is 0 Å². The molecule has 0 aromatic heterocycles. The fourth-order valence-corrected chi connectivity index (χ4v) is 1.58. The predicted molar refractivity (Wildman–Crippen MR) is 50.5 cm³/mol. The highest BCUT2D eigenvalue weighted by Crippen LogP contribution is 2.11. The summed E-state index contributed by atoms with van der Waals surface area (Å²) in [4.78, 5) is 14.8. The van der Waals surface area contributed by atoms with Crippen LogP contribution in [-0.2, 0) is 0 Å². The number of amides is 2. The quantitative estimate of drug-likeness (QED) is 0.599. The van der Waals surface area contributed by atoms with Crippen molar-refractivity contribution in [1.29, 1.82) is 0 Å². The van der Waals surface area contributed by atoms with Crippen LogP contribution in [0, 0.1) is 0 Å².